The third-order valence-corrected chi connectivity index (χ3v) is 3.42. The van der Waals surface area contributed by atoms with E-state index in [1.165, 1.54) is 6.42 Å². The molecule has 0 unspecified atom stereocenters. The van der Waals surface area contributed by atoms with Crippen LogP contribution in [0.25, 0.3) is 0 Å². The van der Waals surface area contributed by atoms with Crippen molar-refractivity contribution >= 4 is 11.9 Å². The summed E-state index contributed by atoms with van der Waals surface area (Å²) in [6.45, 7) is 4.18. The van der Waals surface area contributed by atoms with Crippen molar-refractivity contribution in [1.29, 1.82) is 0 Å². The second-order valence-electron chi connectivity index (χ2n) is 5.21. The lowest BCUT2D eigenvalue weighted by Crippen LogP contribution is -2.35. The van der Waals surface area contributed by atoms with Gasteiger partial charge in [0.2, 0.25) is 5.95 Å². The molecule has 1 aromatic rings. The number of aromatic nitrogens is 2. The molecular weight excluding hydrogens is 244 g/mol. The van der Waals surface area contributed by atoms with E-state index in [2.05, 4.69) is 21.8 Å². The molecule has 1 aromatic heterocycles. The highest BCUT2D eigenvalue weighted by molar-refractivity contribution is 5.67. The molecular formula is C13H20N4O2. The highest BCUT2D eigenvalue weighted by Crippen LogP contribution is 2.20. The highest BCUT2D eigenvalue weighted by atomic mass is 16.4. The first-order valence-corrected chi connectivity index (χ1v) is 6.60. The summed E-state index contributed by atoms with van der Waals surface area (Å²) in [5, 5.41) is 8.70. The number of carboxylic acid groups (broad SMARTS) is 1. The van der Waals surface area contributed by atoms with Gasteiger partial charge >= 0.3 is 5.97 Å². The van der Waals surface area contributed by atoms with Gasteiger partial charge in [0, 0.05) is 37.1 Å². The smallest absolute Gasteiger partial charge is 0.305 e. The van der Waals surface area contributed by atoms with E-state index in [-0.39, 0.29) is 6.42 Å². The van der Waals surface area contributed by atoms with Crippen molar-refractivity contribution in [3.05, 3.63) is 18.0 Å². The Labute approximate surface area is 112 Å². The maximum atomic E-state index is 10.6. The molecule has 104 valence electrons. The predicted molar refractivity (Wildman–Crippen MR) is 71.8 cm³/mol. The van der Waals surface area contributed by atoms with Crippen molar-refractivity contribution < 1.29 is 9.90 Å². The summed E-state index contributed by atoms with van der Waals surface area (Å²) in [4.78, 5) is 21.4. The van der Waals surface area contributed by atoms with Crippen LogP contribution in [-0.2, 0) is 4.79 Å². The fourth-order valence-corrected chi connectivity index (χ4v) is 2.36. The van der Waals surface area contributed by atoms with E-state index in [0.717, 1.165) is 19.5 Å². The summed E-state index contributed by atoms with van der Waals surface area (Å²) in [5.74, 6) is 0.450. The second kappa shape index (κ2) is 5.97. The topological polar surface area (TPSA) is 92.3 Å². The van der Waals surface area contributed by atoms with Crippen LogP contribution in [-0.4, -0.2) is 34.1 Å². The Morgan fingerprint density at radius 1 is 1.58 bits per heavy atom. The van der Waals surface area contributed by atoms with Crippen molar-refractivity contribution in [2.75, 3.05) is 18.0 Å². The van der Waals surface area contributed by atoms with Crippen LogP contribution < -0.4 is 10.6 Å². The minimum absolute atomic E-state index is 0.108. The van der Waals surface area contributed by atoms with E-state index >= 15 is 0 Å². The standard InChI is InChI=1S/C13H20N4O2/c1-9-3-2-4-17(8-9)13-15-6-10(7-16-13)11(14)5-12(18)19/h6-7,9,11H,2-5,8,14H2,1H3,(H,18,19)/t9-,11+/m1/s1. The number of hydrogen-bond donors (Lipinski definition) is 2. The molecule has 2 heterocycles. The minimum Gasteiger partial charge on any atom is -0.481 e. The third kappa shape index (κ3) is 3.64. The Morgan fingerprint density at radius 3 is 2.84 bits per heavy atom. The fourth-order valence-electron chi connectivity index (χ4n) is 2.36. The normalized spacial score (nSPS) is 21.2. The molecule has 2 atom stereocenters. The molecule has 0 aromatic carbocycles. The molecule has 0 spiro atoms. The van der Waals surface area contributed by atoms with Gasteiger partial charge in [-0.05, 0) is 18.8 Å². The molecule has 1 fully saturated rings. The van der Waals surface area contributed by atoms with Crippen molar-refractivity contribution in [2.45, 2.75) is 32.2 Å². The Balaban J connectivity index is 2.03. The molecule has 6 nitrogen and oxygen atoms in total. The Bertz CT molecular complexity index is 435. The number of piperidine rings is 1. The average molecular weight is 264 g/mol. The number of carbonyl (C=O) groups is 1. The summed E-state index contributed by atoms with van der Waals surface area (Å²) in [7, 11) is 0. The van der Waals surface area contributed by atoms with Crippen molar-refractivity contribution in [3.8, 4) is 0 Å². The molecule has 19 heavy (non-hydrogen) atoms. The monoisotopic (exact) mass is 264 g/mol. The van der Waals surface area contributed by atoms with E-state index in [1.807, 2.05) is 0 Å². The Kier molecular flexibility index (Phi) is 4.31. The number of anilines is 1. The predicted octanol–water partition coefficient (Wildman–Crippen LogP) is 1.19. The largest absolute Gasteiger partial charge is 0.481 e. The van der Waals surface area contributed by atoms with Crippen molar-refractivity contribution in [2.24, 2.45) is 11.7 Å². The molecule has 0 amide bonds. The molecule has 0 radical (unpaired) electrons. The summed E-state index contributed by atoms with van der Waals surface area (Å²) >= 11 is 0. The number of nitrogens with two attached hydrogens (primary N) is 1. The molecule has 1 aliphatic rings. The SMILES string of the molecule is C[C@@H]1CCCN(c2ncc([C@@H](N)CC(=O)O)cn2)C1. The fraction of sp³-hybridized carbons (Fsp3) is 0.615. The number of aliphatic carboxylic acids is 1. The Morgan fingerprint density at radius 2 is 2.26 bits per heavy atom. The first-order valence-electron chi connectivity index (χ1n) is 6.60. The highest BCUT2D eigenvalue weighted by Gasteiger charge is 2.19. The van der Waals surface area contributed by atoms with Gasteiger partial charge in [-0.1, -0.05) is 6.92 Å². The van der Waals surface area contributed by atoms with Gasteiger partial charge in [-0.3, -0.25) is 4.79 Å². The first-order chi connectivity index (χ1) is 9.06. The minimum atomic E-state index is -0.915. The maximum absolute atomic E-state index is 10.6. The molecule has 0 bridgehead atoms. The van der Waals surface area contributed by atoms with Crippen LogP contribution in [0.5, 0.6) is 0 Å². The number of carboxylic acids is 1. The van der Waals surface area contributed by atoms with Gasteiger partial charge in [-0.2, -0.15) is 0 Å². The number of nitrogens with zero attached hydrogens (tertiary/aromatic N) is 3. The van der Waals surface area contributed by atoms with E-state index in [0.29, 0.717) is 17.4 Å². The summed E-state index contributed by atoms with van der Waals surface area (Å²) in [6, 6.07) is -0.549. The lowest BCUT2D eigenvalue weighted by atomic mass is 10.0. The van der Waals surface area contributed by atoms with Gasteiger partial charge in [0.25, 0.3) is 0 Å². The lowest BCUT2D eigenvalue weighted by Gasteiger charge is -2.30. The van der Waals surface area contributed by atoms with Crippen LogP contribution in [0.1, 0.15) is 37.8 Å². The van der Waals surface area contributed by atoms with Gasteiger partial charge in [0.05, 0.1) is 6.42 Å². The number of rotatable bonds is 4. The van der Waals surface area contributed by atoms with E-state index < -0.39 is 12.0 Å². The van der Waals surface area contributed by atoms with Crippen LogP contribution in [0.15, 0.2) is 12.4 Å². The van der Waals surface area contributed by atoms with Crippen LogP contribution in [0.4, 0.5) is 5.95 Å². The van der Waals surface area contributed by atoms with Crippen molar-refractivity contribution in [3.63, 3.8) is 0 Å². The van der Waals surface area contributed by atoms with Crippen molar-refractivity contribution in [1.82, 2.24) is 9.97 Å². The molecule has 0 saturated carbocycles. The third-order valence-electron chi connectivity index (χ3n) is 3.42. The molecule has 3 N–H and O–H groups in total. The molecule has 2 rings (SSSR count). The van der Waals surface area contributed by atoms with Crippen LogP contribution in [0.3, 0.4) is 0 Å². The number of hydrogen-bond acceptors (Lipinski definition) is 5. The average Bonchev–Trinajstić information content (AvgIpc) is 2.38. The zero-order chi connectivity index (χ0) is 13.8. The van der Waals surface area contributed by atoms with Gasteiger partial charge in [0.1, 0.15) is 0 Å². The zero-order valence-electron chi connectivity index (χ0n) is 11.1. The second-order valence-corrected chi connectivity index (χ2v) is 5.21. The first kappa shape index (κ1) is 13.7. The quantitative estimate of drug-likeness (QED) is 0.848. The van der Waals surface area contributed by atoms with Gasteiger partial charge in [-0.25, -0.2) is 9.97 Å². The van der Waals surface area contributed by atoms with Gasteiger partial charge in [-0.15, -0.1) is 0 Å². The lowest BCUT2D eigenvalue weighted by molar-refractivity contribution is -0.137. The summed E-state index contributed by atoms with van der Waals surface area (Å²) in [6.07, 6.45) is 5.57. The molecule has 6 heteroatoms. The van der Waals surface area contributed by atoms with Gasteiger partial charge < -0.3 is 15.7 Å². The van der Waals surface area contributed by atoms with Crippen LogP contribution in [0.2, 0.25) is 0 Å². The van der Waals surface area contributed by atoms with E-state index in [1.54, 1.807) is 12.4 Å². The van der Waals surface area contributed by atoms with Crippen LogP contribution in [0, 0.1) is 5.92 Å². The summed E-state index contributed by atoms with van der Waals surface area (Å²) < 4.78 is 0. The zero-order valence-corrected chi connectivity index (χ0v) is 11.1. The molecule has 0 aliphatic carbocycles. The molecule has 1 aliphatic heterocycles. The van der Waals surface area contributed by atoms with E-state index in [9.17, 15) is 4.79 Å². The van der Waals surface area contributed by atoms with Crippen LogP contribution >= 0.6 is 0 Å². The maximum Gasteiger partial charge on any atom is 0.305 e. The molecule has 1 saturated heterocycles. The van der Waals surface area contributed by atoms with E-state index in [4.69, 9.17) is 10.8 Å². The Hall–Kier alpha value is -1.69. The van der Waals surface area contributed by atoms with Gasteiger partial charge in [0.15, 0.2) is 0 Å². The summed E-state index contributed by atoms with van der Waals surface area (Å²) in [5.41, 5.74) is 6.44.